The van der Waals surface area contributed by atoms with Crippen molar-refractivity contribution in [2.24, 2.45) is 0 Å². The molecule has 0 aliphatic carbocycles. The molecule has 0 radical (unpaired) electrons. The van der Waals surface area contributed by atoms with E-state index in [-0.39, 0.29) is 6.04 Å². The fraction of sp³-hybridized carbons (Fsp3) is 0.455. The maximum atomic E-state index is 4.99. The lowest BCUT2D eigenvalue weighted by molar-refractivity contribution is 0.390. The second-order valence-corrected chi connectivity index (χ2v) is 3.66. The zero-order valence-corrected chi connectivity index (χ0v) is 10.7. The molecule has 0 aliphatic heterocycles. The Balaban J connectivity index is 2.32. The Morgan fingerprint density at radius 1 is 1.39 bits per heavy atom. The van der Waals surface area contributed by atoms with Crippen LogP contribution in [0.25, 0.3) is 0 Å². The number of ether oxygens (including phenoxy) is 1. The van der Waals surface area contributed by atoms with E-state index in [1.54, 1.807) is 19.5 Å². The molecule has 2 heterocycles. The number of nitrogens with one attached hydrogen (secondary N) is 1. The van der Waals surface area contributed by atoms with Crippen LogP contribution in [0.2, 0.25) is 0 Å². The number of nitrogens with zero attached hydrogens (tertiary/aromatic N) is 5. The van der Waals surface area contributed by atoms with Gasteiger partial charge in [-0.3, -0.25) is 0 Å². The minimum Gasteiger partial charge on any atom is -0.480 e. The van der Waals surface area contributed by atoms with Crippen LogP contribution in [0.1, 0.15) is 24.5 Å². The molecule has 2 rings (SSSR count). The van der Waals surface area contributed by atoms with Crippen LogP contribution in [0.3, 0.4) is 0 Å². The summed E-state index contributed by atoms with van der Waals surface area (Å²) in [4.78, 5) is 4.27. The molecule has 2 aromatic heterocycles. The first-order valence-electron chi connectivity index (χ1n) is 5.72. The molecule has 0 spiro atoms. The van der Waals surface area contributed by atoms with Crippen LogP contribution in [0, 0.1) is 0 Å². The van der Waals surface area contributed by atoms with E-state index in [0.717, 1.165) is 18.1 Å². The van der Waals surface area contributed by atoms with Crippen LogP contribution in [-0.2, 0) is 6.54 Å². The van der Waals surface area contributed by atoms with Gasteiger partial charge in [0, 0.05) is 12.6 Å². The molecule has 1 atom stereocenters. The SMILES string of the molecule is CCn1ncnc1C(NC)c1ccc(OC)nn1. The minimum atomic E-state index is -0.133. The summed E-state index contributed by atoms with van der Waals surface area (Å²) in [5, 5.41) is 15.4. The van der Waals surface area contributed by atoms with Gasteiger partial charge in [-0.25, -0.2) is 9.67 Å². The van der Waals surface area contributed by atoms with Gasteiger partial charge in [0.1, 0.15) is 18.2 Å². The summed E-state index contributed by atoms with van der Waals surface area (Å²) in [5.41, 5.74) is 0.779. The van der Waals surface area contributed by atoms with Crippen molar-refractivity contribution in [3.05, 3.63) is 30.0 Å². The lowest BCUT2D eigenvalue weighted by Gasteiger charge is -2.15. The van der Waals surface area contributed by atoms with Crippen molar-refractivity contribution in [1.29, 1.82) is 0 Å². The fourth-order valence-corrected chi connectivity index (χ4v) is 1.74. The summed E-state index contributed by atoms with van der Waals surface area (Å²) >= 11 is 0. The lowest BCUT2D eigenvalue weighted by atomic mass is 10.2. The molecule has 1 N–H and O–H groups in total. The van der Waals surface area contributed by atoms with Crippen molar-refractivity contribution in [3.8, 4) is 5.88 Å². The number of hydrogen-bond acceptors (Lipinski definition) is 6. The average Bonchev–Trinajstić information content (AvgIpc) is 2.89. The van der Waals surface area contributed by atoms with E-state index in [4.69, 9.17) is 4.74 Å². The molecule has 18 heavy (non-hydrogen) atoms. The summed E-state index contributed by atoms with van der Waals surface area (Å²) in [6.07, 6.45) is 1.54. The summed E-state index contributed by atoms with van der Waals surface area (Å²) in [6, 6.07) is 3.51. The summed E-state index contributed by atoms with van der Waals surface area (Å²) in [7, 11) is 3.41. The maximum absolute atomic E-state index is 4.99. The van der Waals surface area contributed by atoms with E-state index >= 15 is 0 Å². The molecule has 2 aromatic rings. The van der Waals surface area contributed by atoms with Gasteiger partial charge in [0.2, 0.25) is 5.88 Å². The van der Waals surface area contributed by atoms with Crippen molar-refractivity contribution < 1.29 is 4.74 Å². The van der Waals surface area contributed by atoms with Crippen LogP contribution in [0.5, 0.6) is 5.88 Å². The third kappa shape index (κ3) is 2.30. The smallest absolute Gasteiger partial charge is 0.233 e. The highest BCUT2D eigenvalue weighted by Crippen LogP contribution is 2.18. The van der Waals surface area contributed by atoms with Gasteiger partial charge < -0.3 is 10.1 Å². The number of aryl methyl sites for hydroxylation is 1. The van der Waals surface area contributed by atoms with Crippen molar-refractivity contribution in [3.63, 3.8) is 0 Å². The van der Waals surface area contributed by atoms with E-state index in [1.807, 2.05) is 24.7 Å². The molecule has 0 fully saturated rings. The van der Waals surface area contributed by atoms with Crippen LogP contribution in [0.15, 0.2) is 18.5 Å². The molecule has 0 aliphatic rings. The molecule has 0 amide bonds. The van der Waals surface area contributed by atoms with Crippen LogP contribution >= 0.6 is 0 Å². The standard InChI is InChI=1S/C11H16N6O/c1-4-17-11(13-7-14-17)10(12-2)8-5-6-9(18-3)16-15-8/h5-7,10,12H,4H2,1-3H3. The number of methoxy groups -OCH3 is 1. The van der Waals surface area contributed by atoms with Gasteiger partial charge in [-0.1, -0.05) is 0 Å². The summed E-state index contributed by atoms with van der Waals surface area (Å²) < 4.78 is 6.82. The largest absolute Gasteiger partial charge is 0.480 e. The number of rotatable bonds is 5. The fourth-order valence-electron chi connectivity index (χ4n) is 1.74. The Labute approximate surface area is 105 Å². The van der Waals surface area contributed by atoms with E-state index in [9.17, 15) is 0 Å². The molecule has 0 aromatic carbocycles. The monoisotopic (exact) mass is 248 g/mol. The predicted octanol–water partition coefficient (Wildman–Crippen LogP) is 0.405. The van der Waals surface area contributed by atoms with E-state index < -0.39 is 0 Å². The molecular weight excluding hydrogens is 232 g/mol. The highest BCUT2D eigenvalue weighted by molar-refractivity contribution is 5.19. The molecule has 7 nitrogen and oxygen atoms in total. The zero-order valence-electron chi connectivity index (χ0n) is 10.7. The van der Waals surface area contributed by atoms with Gasteiger partial charge in [-0.05, 0) is 20.0 Å². The average molecular weight is 248 g/mol. The number of hydrogen-bond donors (Lipinski definition) is 1. The van der Waals surface area contributed by atoms with Gasteiger partial charge in [0.25, 0.3) is 0 Å². The van der Waals surface area contributed by atoms with Crippen molar-refractivity contribution >= 4 is 0 Å². The molecule has 7 heteroatoms. The summed E-state index contributed by atoms with van der Waals surface area (Å²) in [6.45, 7) is 2.78. The Morgan fingerprint density at radius 2 is 2.22 bits per heavy atom. The van der Waals surface area contributed by atoms with Gasteiger partial charge in [-0.2, -0.15) is 5.10 Å². The van der Waals surface area contributed by atoms with Crippen molar-refractivity contribution in [2.45, 2.75) is 19.5 Å². The second-order valence-electron chi connectivity index (χ2n) is 3.66. The third-order valence-corrected chi connectivity index (χ3v) is 2.66. The molecule has 96 valence electrons. The van der Waals surface area contributed by atoms with Crippen molar-refractivity contribution in [2.75, 3.05) is 14.2 Å². The normalized spacial score (nSPS) is 12.4. The topological polar surface area (TPSA) is 77.8 Å². The molecular formula is C11H16N6O. The quantitative estimate of drug-likeness (QED) is 0.825. The van der Waals surface area contributed by atoms with E-state index in [2.05, 4.69) is 25.6 Å². The zero-order chi connectivity index (χ0) is 13.0. The van der Waals surface area contributed by atoms with E-state index in [0.29, 0.717) is 5.88 Å². The maximum Gasteiger partial charge on any atom is 0.233 e. The second kappa shape index (κ2) is 5.54. The third-order valence-electron chi connectivity index (χ3n) is 2.66. The minimum absolute atomic E-state index is 0.133. The highest BCUT2D eigenvalue weighted by atomic mass is 16.5. The number of aromatic nitrogens is 5. The molecule has 0 saturated heterocycles. The Morgan fingerprint density at radius 3 is 2.78 bits per heavy atom. The Kier molecular flexibility index (Phi) is 3.83. The van der Waals surface area contributed by atoms with Crippen LogP contribution in [0.4, 0.5) is 0 Å². The predicted molar refractivity (Wildman–Crippen MR) is 65.2 cm³/mol. The first-order chi connectivity index (χ1) is 8.80. The van der Waals surface area contributed by atoms with Gasteiger partial charge in [0.05, 0.1) is 12.8 Å². The highest BCUT2D eigenvalue weighted by Gasteiger charge is 2.19. The first-order valence-corrected chi connectivity index (χ1v) is 5.72. The molecule has 0 saturated carbocycles. The summed E-state index contributed by atoms with van der Waals surface area (Å²) in [5.74, 6) is 1.31. The van der Waals surface area contributed by atoms with Gasteiger partial charge in [0.15, 0.2) is 0 Å². The molecule has 1 unspecified atom stereocenters. The van der Waals surface area contributed by atoms with E-state index in [1.165, 1.54) is 0 Å². The van der Waals surface area contributed by atoms with Gasteiger partial charge >= 0.3 is 0 Å². The van der Waals surface area contributed by atoms with Crippen molar-refractivity contribution in [1.82, 2.24) is 30.3 Å². The first kappa shape index (κ1) is 12.4. The van der Waals surface area contributed by atoms with Gasteiger partial charge in [-0.15, -0.1) is 10.2 Å². The van der Waals surface area contributed by atoms with Crippen LogP contribution < -0.4 is 10.1 Å². The van der Waals surface area contributed by atoms with Crippen LogP contribution in [-0.4, -0.2) is 39.1 Å². The Bertz CT molecular complexity index is 494. The lowest BCUT2D eigenvalue weighted by Crippen LogP contribution is -2.23. The Hall–Kier alpha value is -2.02. The molecule has 0 bridgehead atoms.